The van der Waals surface area contributed by atoms with E-state index >= 15 is 0 Å². The van der Waals surface area contributed by atoms with Gasteiger partial charge in [-0.2, -0.15) is 0 Å². The van der Waals surface area contributed by atoms with E-state index in [1.165, 1.54) is 0 Å². The Balaban J connectivity index is 2.86. The number of hydrogen-bond acceptors (Lipinski definition) is 3. The molecule has 1 N–H and O–H groups in total. The molecule has 0 spiro atoms. The first-order valence-electron chi connectivity index (χ1n) is 12.2. The minimum Gasteiger partial charge on any atom is -0.481 e. The fourth-order valence-corrected chi connectivity index (χ4v) is 4.72. The summed E-state index contributed by atoms with van der Waals surface area (Å²) in [6.45, 7) is 13.4. The van der Waals surface area contributed by atoms with Crippen molar-refractivity contribution < 1.29 is 19.1 Å². The lowest BCUT2D eigenvalue weighted by Gasteiger charge is -2.39. The normalized spacial score (nSPS) is 19.6. The molecular formula is C28H44O4Si. The van der Waals surface area contributed by atoms with Gasteiger partial charge in [-0.3, -0.25) is 9.59 Å². The number of carbonyl (C=O) groups excluding carboxylic acids is 1. The van der Waals surface area contributed by atoms with Crippen LogP contribution in [0.1, 0.15) is 72.6 Å². The average Bonchev–Trinajstić information content (AvgIpc) is 3.06. The van der Waals surface area contributed by atoms with Crippen LogP contribution >= 0.6 is 0 Å². The quantitative estimate of drug-likeness (QED) is 0.161. The van der Waals surface area contributed by atoms with Crippen molar-refractivity contribution in [2.45, 2.75) is 96.9 Å². The van der Waals surface area contributed by atoms with Crippen LogP contribution in [0.15, 0.2) is 60.3 Å². The van der Waals surface area contributed by atoms with E-state index in [0.29, 0.717) is 19.3 Å². The number of ketones is 1. The Morgan fingerprint density at radius 3 is 2.45 bits per heavy atom. The van der Waals surface area contributed by atoms with E-state index in [1.54, 1.807) is 6.08 Å². The highest BCUT2D eigenvalue weighted by Gasteiger charge is 2.38. The molecule has 0 amide bonds. The second-order valence-corrected chi connectivity index (χ2v) is 14.9. The number of aliphatic carboxylic acids is 1. The number of rotatable bonds is 14. The highest BCUT2D eigenvalue weighted by atomic mass is 28.4. The molecule has 0 unspecified atom stereocenters. The Morgan fingerprint density at radius 1 is 1.12 bits per heavy atom. The Kier molecular flexibility index (Phi) is 12.6. The van der Waals surface area contributed by atoms with E-state index in [1.807, 2.05) is 18.2 Å². The molecule has 1 aliphatic rings. The summed E-state index contributed by atoms with van der Waals surface area (Å²) < 4.78 is 6.72. The van der Waals surface area contributed by atoms with Gasteiger partial charge in [-0.05, 0) is 62.7 Å². The average molecular weight is 473 g/mol. The van der Waals surface area contributed by atoms with Crippen LogP contribution < -0.4 is 0 Å². The van der Waals surface area contributed by atoms with Crippen molar-refractivity contribution in [2.24, 2.45) is 5.92 Å². The second-order valence-electron chi connectivity index (χ2n) is 10.2. The predicted octanol–water partition coefficient (Wildman–Crippen LogP) is 7.56. The molecule has 0 aromatic rings. The lowest BCUT2D eigenvalue weighted by molar-refractivity contribution is -0.136. The van der Waals surface area contributed by atoms with Gasteiger partial charge in [-0.1, -0.05) is 76.3 Å². The molecule has 0 aromatic heterocycles. The van der Waals surface area contributed by atoms with Gasteiger partial charge in [0.1, 0.15) is 0 Å². The third kappa shape index (κ3) is 11.1. The summed E-state index contributed by atoms with van der Waals surface area (Å²) >= 11 is 0. The van der Waals surface area contributed by atoms with Gasteiger partial charge in [0.15, 0.2) is 14.1 Å². The third-order valence-electron chi connectivity index (χ3n) is 6.35. The van der Waals surface area contributed by atoms with Crippen molar-refractivity contribution in [1.29, 1.82) is 0 Å². The summed E-state index contributed by atoms with van der Waals surface area (Å²) in [4.78, 5) is 23.1. The molecule has 0 fully saturated rings. The van der Waals surface area contributed by atoms with Crippen molar-refractivity contribution >= 4 is 20.1 Å². The van der Waals surface area contributed by atoms with Gasteiger partial charge in [0.2, 0.25) is 0 Å². The molecule has 5 heteroatoms. The lowest BCUT2D eigenvalue weighted by atomic mass is 9.96. The molecule has 0 heterocycles. The Morgan fingerprint density at radius 2 is 1.82 bits per heavy atom. The second kappa shape index (κ2) is 14.3. The molecule has 1 rings (SSSR count). The minimum atomic E-state index is -1.94. The molecule has 0 radical (unpaired) electrons. The van der Waals surface area contributed by atoms with E-state index in [2.05, 4.69) is 71.2 Å². The van der Waals surface area contributed by atoms with Gasteiger partial charge < -0.3 is 9.53 Å². The molecule has 4 nitrogen and oxygen atoms in total. The van der Waals surface area contributed by atoms with Gasteiger partial charge in [0, 0.05) is 17.9 Å². The van der Waals surface area contributed by atoms with Crippen molar-refractivity contribution in [1.82, 2.24) is 0 Å². The van der Waals surface area contributed by atoms with Crippen molar-refractivity contribution in [3.8, 4) is 0 Å². The van der Waals surface area contributed by atoms with Gasteiger partial charge in [0.25, 0.3) is 0 Å². The number of hydrogen-bond donors (Lipinski definition) is 1. The van der Waals surface area contributed by atoms with Crippen LogP contribution in [-0.2, 0) is 14.0 Å². The minimum absolute atomic E-state index is 0.0463. The van der Waals surface area contributed by atoms with Gasteiger partial charge in [0.05, 0.1) is 6.10 Å². The molecule has 1 aliphatic carbocycles. The summed E-state index contributed by atoms with van der Waals surface area (Å²) in [6.07, 6.45) is 23.2. The largest absolute Gasteiger partial charge is 0.481 e. The first kappa shape index (κ1) is 29.0. The SMILES string of the molecule is CC/C=C\C/C=C\C[C@@H](C/C=C1/C(=O)C=C[C@@H]1C/C=C\CCC(=O)O)O[Si](C)(C)C(C)(C)C. The van der Waals surface area contributed by atoms with E-state index in [0.717, 1.165) is 24.8 Å². The van der Waals surface area contributed by atoms with E-state index in [9.17, 15) is 9.59 Å². The van der Waals surface area contributed by atoms with E-state index in [-0.39, 0.29) is 29.3 Å². The summed E-state index contributed by atoms with van der Waals surface area (Å²) in [6, 6.07) is 0. The monoisotopic (exact) mass is 472 g/mol. The predicted molar refractivity (Wildman–Crippen MR) is 141 cm³/mol. The van der Waals surface area contributed by atoms with Crippen LogP contribution in [0.2, 0.25) is 18.1 Å². The van der Waals surface area contributed by atoms with E-state index in [4.69, 9.17) is 9.53 Å². The van der Waals surface area contributed by atoms with Crippen LogP contribution in [0.4, 0.5) is 0 Å². The zero-order valence-corrected chi connectivity index (χ0v) is 22.5. The zero-order chi connectivity index (χ0) is 24.9. The maximum atomic E-state index is 12.5. The fourth-order valence-electron chi connectivity index (χ4n) is 3.34. The highest BCUT2D eigenvalue weighted by molar-refractivity contribution is 6.74. The summed E-state index contributed by atoms with van der Waals surface area (Å²) in [5.74, 6) is -0.661. The van der Waals surface area contributed by atoms with Crippen LogP contribution in [0.25, 0.3) is 0 Å². The fraction of sp³-hybridized carbons (Fsp3) is 0.571. The molecule has 2 atom stereocenters. The van der Waals surface area contributed by atoms with Gasteiger partial charge in [-0.15, -0.1) is 0 Å². The smallest absolute Gasteiger partial charge is 0.303 e. The van der Waals surface area contributed by atoms with Crippen LogP contribution in [0.3, 0.4) is 0 Å². The topological polar surface area (TPSA) is 63.6 Å². The first-order chi connectivity index (χ1) is 15.5. The zero-order valence-electron chi connectivity index (χ0n) is 21.5. The lowest BCUT2D eigenvalue weighted by Crippen LogP contribution is -2.43. The number of carboxylic acid groups (broad SMARTS) is 1. The Bertz CT molecular complexity index is 778. The summed E-state index contributed by atoms with van der Waals surface area (Å²) in [5, 5.41) is 8.88. The van der Waals surface area contributed by atoms with Gasteiger partial charge in [-0.25, -0.2) is 0 Å². The van der Waals surface area contributed by atoms with Gasteiger partial charge >= 0.3 is 5.97 Å². The number of carbonyl (C=O) groups is 2. The number of carboxylic acids is 1. The van der Waals surface area contributed by atoms with Crippen LogP contribution in [-0.4, -0.2) is 31.3 Å². The Labute approximate surface area is 202 Å². The Hall–Kier alpha value is -1.98. The van der Waals surface area contributed by atoms with Crippen LogP contribution in [0, 0.1) is 5.92 Å². The summed E-state index contributed by atoms with van der Waals surface area (Å²) in [7, 11) is -1.94. The molecule has 184 valence electrons. The molecule has 0 bridgehead atoms. The molecule has 0 saturated carbocycles. The number of allylic oxidation sites excluding steroid dienone is 8. The molecular weight excluding hydrogens is 428 g/mol. The maximum absolute atomic E-state index is 12.5. The van der Waals surface area contributed by atoms with Crippen molar-refractivity contribution in [3.05, 3.63) is 60.3 Å². The molecule has 33 heavy (non-hydrogen) atoms. The highest BCUT2D eigenvalue weighted by Crippen LogP contribution is 2.38. The first-order valence-corrected chi connectivity index (χ1v) is 15.2. The summed E-state index contributed by atoms with van der Waals surface area (Å²) in [5.41, 5.74) is 0.830. The maximum Gasteiger partial charge on any atom is 0.303 e. The van der Waals surface area contributed by atoms with Crippen molar-refractivity contribution in [2.75, 3.05) is 0 Å². The molecule has 0 saturated heterocycles. The van der Waals surface area contributed by atoms with Crippen molar-refractivity contribution in [3.63, 3.8) is 0 Å². The molecule has 0 aromatic carbocycles. The third-order valence-corrected chi connectivity index (χ3v) is 10.9. The standard InChI is InChI=1S/C28H44O4Si/c1-7-8-9-10-11-14-17-24(32-33(5,6)28(2,3)4)20-21-25-23(19-22-26(25)29)16-13-12-15-18-27(30)31/h8-9,11-14,19,21-24H,7,10,15-18,20H2,1-6H3,(H,30,31)/b9-8-,13-12-,14-11-,25-21+/t23-,24-/m0/s1. The molecule has 0 aliphatic heterocycles. The van der Waals surface area contributed by atoms with Crippen LogP contribution in [0.5, 0.6) is 0 Å². The van der Waals surface area contributed by atoms with E-state index < -0.39 is 14.3 Å².